The Hall–Kier alpha value is -2.28. The summed E-state index contributed by atoms with van der Waals surface area (Å²) in [5, 5.41) is 9.44. The maximum Gasteiger partial charge on any atom is 0.252 e. The van der Waals surface area contributed by atoms with Crippen LogP contribution in [-0.4, -0.2) is 25.5 Å². The third-order valence-corrected chi connectivity index (χ3v) is 5.16. The number of aryl methyl sites for hydroxylation is 3. The summed E-state index contributed by atoms with van der Waals surface area (Å²) in [4.78, 5) is 22.2. The average Bonchev–Trinajstić information content (AvgIpc) is 3.16. The van der Waals surface area contributed by atoms with Gasteiger partial charge in [-0.15, -0.1) is 11.3 Å². The highest BCUT2D eigenvalue weighted by Crippen LogP contribution is 2.19. The van der Waals surface area contributed by atoms with Crippen molar-refractivity contribution in [2.45, 2.75) is 46.6 Å². The maximum absolute atomic E-state index is 12.3. The summed E-state index contributed by atoms with van der Waals surface area (Å²) in [5.41, 5.74) is 2.97. The van der Waals surface area contributed by atoms with Gasteiger partial charge in [-0.2, -0.15) is 10.1 Å². The first kappa shape index (κ1) is 16.6. The Bertz CT molecular complexity index is 869. The molecule has 0 unspecified atom stereocenters. The van der Waals surface area contributed by atoms with Gasteiger partial charge in [-0.1, -0.05) is 6.07 Å². The van der Waals surface area contributed by atoms with E-state index in [2.05, 4.69) is 20.4 Å². The Morgan fingerprint density at radius 2 is 2.12 bits per heavy atom. The van der Waals surface area contributed by atoms with E-state index >= 15 is 0 Å². The van der Waals surface area contributed by atoms with Crippen molar-refractivity contribution in [3.8, 4) is 0 Å². The van der Waals surface area contributed by atoms with Crippen molar-refractivity contribution in [1.29, 1.82) is 0 Å². The third-order valence-electron chi connectivity index (χ3n) is 4.10. The van der Waals surface area contributed by atoms with Crippen LogP contribution in [0.4, 0.5) is 0 Å². The number of rotatable bonds is 5. The van der Waals surface area contributed by atoms with Gasteiger partial charge in [0.1, 0.15) is 5.82 Å². The summed E-state index contributed by atoms with van der Waals surface area (Å²) in [6, 6.07) is 4.07. The van der Waals surface area contributed by atoms with Gasteiger partial charge in [-0.05, 0) is 51.1 Å². The highest BCUT2D eigenvalue weighted by Gasteiger charge is 2.15. The van der Waals surface area contributed by atoms with Crippen molar-refractivity contribution in [2.75, 3.05) is 0 Å². The molecule has 6 nitrogen and oxygen atoms in total. The molecule has 0 saturated heterocycles. The normalized spacial score (nSPS) is 12.5. The molecule has 1 amide bonds. The molecule has 0 bridgehead atoms. The van der Waals surface area contributed by atoms with Gasteiger partial charge in [0.2, 0.25) is 5.91 Å². The van der Waals surface area contributed by atoms with Gasteiger partial charge in [-0.25, -0.2) is 9.50 Å². The van der Waals surface area contributed by atoms with E-state index < -0.39 is 0 Å². The highest BCUT2D eigenvalue weighted by molar-refractivity contribution is 7.10. The summed E-state index contributed by atoms with van der Waals surface area (Å²) in [6.45, 7) is 7.81. The minimum absolute atomic E-state index is 0.0401. The highest BCUT2D eigenvalue weighted by atomic mass is 32.1. The molecular formula is C17H21N5OS. The Labute approximate surface area is 145 Å². The summed E-state index contributed by atoms with van der Waals surface area (Å²) >= 11 is 1.65. The molecule has 1 N–H and O–H groups in total. The molecule has 3 aromatic heterocycles. The molecule has 0 fully saturated rings. The summed E-state index contributed by atoms with van der Waals surface area (Å²) < 4.78 is 1.75. The molecule has 0 spiro atoms. The largest absolute Gasteiger partial charge is 0.349 e. The second-order valence-electron chi connectivity index (χ2n) is 5.94. The Morgan fingerprint density at radius 1 is 1.33 bits per heavy atom. The van der Waals surface area contributed by atoms with Crippen molar-refractivity contribution in [3.05, 3.63) is 45.2 Å². The molecule has 7 heteroatoms. The number of hydrogen-bond donors (Lipinski definition) is 1. The van der Waals surface area contributed by atoms with E-state index in [1.54, 1.807) is 15.9 Å². The van der Waals surface area contributed by atoms with E-state index in [9.17, 15) is 4.79 Å². The van der Waals surface area contributed by atoms with E-state index in [1.165, 1.54) is 0 Å². The number of nitrogens with one attached hydrogen (secondary N) is 1. The predicted molar refractivity (Wildman–Crippen MR) is 94.2 cm³/mol. The Balaban J connectivity index is 1.70. The fraction of sp³-hybridized carbons (Fsp3) is 0.412. The van der Waals surface area contributed by atoms with Crippen molar-refractivity contribution in [1.82, 2.24) is 24.9 Å². The number of amides is 1. The quantitative estimate of drug-likeness (QED) is 0.773. The van der Waals surface area contributed by atoms with Gasteiger partial charge >= 0.3 is 0 Å². The molecule has 0 aromatic carbocycles. The molecule has 0 aliphatic carbocycles. The number of aromatic nitrogens is 4. The van der Waals surface area contributed by atoms with Crippen LogP contribution in [0.15, 0.2) is 17.5 Å². The lowest BCUT2D eigenvalue weighted by atomic mass is 10.1. The molecule has 24 heavy (non-hydrogen) atoms. The summed E-state index contributed by atoms with van der Waals surface area (Å²) in [5.74, 6) is 1.36. The lowest BCUT2D eigenvalue weighted by molar-refractivity contribution is -0.121. The summed E-state index contributed by atoms with van der Waals surface area (Å²) in [6.07, 6.45) is 1.07. The fourth-order valence-corrected chi connectivity index (χ4v) is 3.57. The Morgan fingerprint density at radius 3 is 2.83 bits per heavy atom. The molecule has 126 valence electrons. The molecular weight excluding hydrogens is 322 g/mol. The van der Waals surface area contributed by atoms with E-state index in [0.717, 1.165) is 21.8 Å². The van der Waals surface area contributed by atoms with E-state index in [1.807, 2.05) is 45.2 Å². The van der Waals surface area contributed by atoms with Crippen LogP contribution >= 0.6 is 11.3 Å². The first-order valence-corrected chi connectivity index (χ1v) is 8.86. The Kier molecular flexibility index (Phi) is 4.62. The standard InChI is InChI=1S/C17H21N5OS/c1-10-14(12(3)22-17(19-10)20-13(4)21-22)7-8-16(23)18-11(2)15-6-5-9-24-15/h5-6,9,11H,7-8H2,1-4H3,(H,18,23)/t11-/m1/s1. The monoisotopic (exact) mass is 343 g/mol. The van der Waals surface area contributed by atoms with Crippen LogP contribution in [-0.2, 0) is 11.2 Å². The van der Waals surface area contributed by atoms with E-state index in [0.29, 0.717) is 24.4 Å². The molecule has 1 atom stereocenters. The van der Waals surface area contributed by atoms with Crippen LogP contribution in [0.3, 0.4) is 0 Å². The van der Waals surface area contributed by atoms with Gasteiger partial charge in [0.05, 0.1) is 6.04 Å². The fourth-order valence-electron chi connectivity index (χ4n) is 2.83. The first-order valence-electron chi connectivity index (χ1n) is 7.98. The molecule has 3 aromatic rings. The first-order chi connectivity index (χ1) is 11.5. The second-order valence-corrected chi connectivity index (χ2v) is 6.92. The molecule has 0 aliphatic rings. The lowest BCUT2D eigenvalue weighted by Gasteiger charge is -2.13. The molecule has 3 heterocycles. The molecule has 0 radical (unpaired) electrons. The minimum Gasteiger partial charge on any atom is -0.349 e. The average molecular weight is 343 g/mol. The molecule has 0 saturated carbocycles. The lowest BCUT2D eigenvalue weighted by Crippen LogP contribution is -2.26. The molecule has 0 aliphatic heterocycles. The van der Waals surface area contributed by atoms with Crippen LogP contribution < -0.4 is 5.32 Å². The summed E-state index contributed by atoms with van der Waals surface area (Å²) in [7, 11) is 0. The number of fused-ring (bicyclic) bond motifs is 1. The number of nitrogens with zero attached hydrogens (tertiary/aromatic N) is 4. The number of carbonyl (C=O) groups excluding carboxylic acids is 1. The van der Waals surface area contributed by atoms with Gasteiger partial charge < -0.3 is 5.32 Å². The van der Waals surface area contributed by atoms with E-state index in [4.69, 9.17) is 0 Å². The SMILES string of the molecule is Cc1nc2nc(C)c(CCC(=O)N[C@H](C)c3cccs3)c(C)n2n1. The van der Waals surface area contributed by atoms with E-state index in [-0.39, 0.29) is 11.9 Å². The van der Waals surface area contributed by atoms with Crippen LogP contribution in [0.2, 0.25) is 0 Å². The van der Waals surface area contributed by atoms with Crippen LogP contribution in [0, 0.1) is 20.8 Å². The van der Waals surface area contributed by atoms with Crippen molar-refractivity contribution in [2.24, 2.45) is 0 Å². The second kappa shape index (κ2) is 6.68. The number of hydrogen-bond acceptors (Lipinski definition) is 5. The minimum atomic E-state index is 0.0401. The molecule has 3 rings (SSSR count). The zero-order chi connectivity index (χ0) is 17.3. The number of thiophene rings is 1. The van der Waals surface area contributed by atoms with Gasteiger partial charge in [-0.3, -0.25) is 4.79 Å². The van der Waals surface area contributed by atoms with Gasteiger partial charge in [0.25, 0.3) is 5.78 Å². The van der Waals surface area contributed by atoms with Crippen LogP contribution in [0.25, 0.3) is 5.78 Å². The van der Waals surface area contributed by atoms with Crippen molar-refractivity contribution in [3.63, 3.8) is 0 Å². The predicted octanol–water partition coefficient (Wildman–Crippen LogP) is 2.92. The zero-order valence-corrected chi connectivity index (χ0v) is 15.1. The maximum atomic E-state index is 12.3. The van der Waals surface area contributed by atoms with Crippen LogP contribution in [0.5, 0.6) is 0 Å². The van der Waals surface area contributed by atoms with Gasteiger partial charge in [0.15, 0.2) is 0 Å². The van der Waals surface area contributed by atoms with Gasteiger partial charge in [0, 0.05) is 22.7 Å². The topological polar surface area (TPSA) is 72.2 Å². The third kappa shape index (κ3) is 3.31. The van der Waals surface area contributed by atoms with Crippen molar-refractivity contribution < 1.29 is 4.79 Å². The van der Waals surface area contributed by atoms with Crippen LogP contribution in [0.1, 0.15) is 47.0 Å². The smallest absolute Gasteiger partial charge is 0.252 e. The van der Waals surface area contributed by atoms with Crippen molar-refractivity contribution >= 4 is 23.0 Å². The zero-order valence-electron chi connectivity index (χ0n) is 14.3. The number of carbonyl (C=O) groups is 1.